The fraction of sp³-hybridized carbons (Fsp3) is 1.00. The second kappa shape index (κ2) is 20.1. The fourth-order valence-electron chi connectivity index (χ4n) is 1.85. The van der Waals surface area contributed by atoms with Crippen LogP contribution in [0.5, 0.6) is 0 Å². The molecule has 0 rings (SSSR count). The van der Waals surface area contributed by atoms with Crippen LogP contribution in [0.4, 0.5) is 0 Å². The summed E-state index contributed by atoms with van der Waals surface area (Å²) >= 11 is 3.80. The topological polar surface area (TPSA) is 38.7 Å². The van der Waals surface area contributed by atoms with Crippen LogP contribution in [-0.2, 0) is 9.05 Å². The average Bonchev–Trinajstić information content (AvgIpc) is 2.52. The molecule has 6 heteroatoms. The Morgan fingerprint density at radius 2 is 1.14 bits per heavy atom. The number of rotatable bonds is 18. The van der Waals surface area contributed by atoms with E-state index in [2.05, 4.69) is 13.8 Å². The van der Waals surface area contributed by atoms with E-state index < -0.39 is 8.60 Å². The zero-order valence-electron chi connectivity index (χ0n) is 14.4. The van der Waals surface area contributed by atoms with Crippen LogP contribution in [0.15, 0.2) is 0 Å². The molecule has 0 aromatic carbocycles. The lowest BCUT2D eigenvalue weighted by molar-refractivity contribution is 0.218. The molecule has 0 radical (unpaired) electrons. The lowest BCUT2D eigenvalue weighted by atomic mass is 10.2. The molecule has 0 aliphatic heterocycles. The molecule has 22 heavy (non-hydrogen) atoms. The van der Waals surface area contributed by atoms with Crippen LogP contribution in [0.3, 0.4) is 0 Å². The summed E-state index contributed by atoms with van der Waals surface area (Å²) < 4.78 is 10.6. The van der Waals surface area contributed by atoms with E-state index in [1.807, 2.05) is 23.5 Å². The summed E-state index contributed by atoms with van der Waals surface area (Å²) in [5.41, 5.74) is 0. The van der Waals surface area contributed by atoms with Gasteiger partial charge in [0.15, 0.2) is 0 Å². The maximum absolute atomic E-state index is 9.60. The van der Waals surface area contributed by atoms with Crippen LogP contribution in [0, 0.1) is 0 Å². The minimum Gasteiger partial charge on any atom is -0.328 e. The summed E-state index contributed by atoms with van der Waals surface area (Å²) in [4.78, 5) is 9.60. The van der Waals surface area contributed by atoms with Gasteiger partial charge in [-0.15, -0.1) is 0 Å². The largest absolute Gasteiger partial charge is 0.329 e. The zero-order chi connectivity index (χ0) is 16.3. The molecule has 0 aromatic heterocycles. The second-order valence-electron chi connectivity index (χ2n) is 5.25. The molecule has 0 bridgehead atoms. The van der Waals surface area contributed by atoms with E-state index in [0.29, 0.717) is 13.2 Å². The van der Waals surface area contributed by atoms with E-state index in [4.69, 9.17) is 9.05 Å². The molecule has 0 aliphatic rings. The third kappa shape index (κ3) is 19.1. The van der Waals surface area contributed by atoms with Crippen molar-refractivity contribution in [3.63, 3.8) is 0 Å². The number of thioether (sulfide) groups is 2. The first kappa shape index (κ1) is 23.0. The van der Waals surface area contributed by atoms with Crippen molar-refractivity contribution >= 4 is 32.1 Å². The van der Waals surface area contributed by atoms with Crippen LogP contribution in [0.25, 0.3) is 0 Å². The molecule has 134 valence electrons. The Balaban J connectivity index is 3.11. The molecule has 0 saturated carbocycles. The minimum absolute atomic E-state index is 0.588. The van der Waals surface area contributed by atoms with Gasteiger partial charge in [-0.3, -0.25) is 0 Å². The first-order valence-electron chi connectivity index (χ1n) is 8.71. The van der Waals surface area contributed by atoms with Crippen molar-refractivity contribution in [3.8, 4) is 0 Å². The maximum Gasteiger partial charge on any atom is 0.329 e. The van der Waals surface area contributed by atoms with Crippen molar-refractivity contribution in [2.45, 2.75) is 65.2 Å². The van der Waals surface area contributed by atoms with E-state index >= 15 is 0 Å². The van der Waals surface area contributed by atoms with Crippen molar-refractivity contribution in [2.24, 2.45) is 0 Å². The zero-order valence-corrected chi connectivity index (χ0v) is 17.0. The van der Waals surface area contributed by atoms with Gasteiger partial charge in [0.05, 0.1) is 13.2 Å². The first-order chi connectivity index (χ1) is 10.8. The van der Waals surface area contributed by atoms with E-state index in [-0.39, 0.29) is 0 Å². The normalized spacial score (nSPS) is 11.5. The fourth-order valence-corrected chi connectivity index (χ4v) is 4.30. The average molecular weight is 371 g/mol. The van der Waals surface area contributed by atoms with Gasteiger partial charge in [-0.1, -0.05) is 52.4 Å². The molecule has 0 amide bonds. The SMILES string of the molecule is CCCCCCSCCOP(O)OCCSCCCCCC. The van der Waals surface area contributed by atoms with Crippen molar-refractivity contribution in [2.75, 3.05) is 36.2 Å². The highest BCUT2D eigenvalue weighted by Crippen LogP contribution is 2.32. The third-order valence-electron chi connectivity index (χ3n) is 3.14. The Morgan fingerprint density at radius 1 is 0.682 bits per heavy atom. The predicted molar refractivity (Wildman–Crippen MR) is 104 cm³/mol. The Hall–Kier alpha value is 1.01. The highest BCUT2D eigenvalue weighted by Gasteiger charge is 2.05. The molecular formula is C16H35O3PS2. The van der Waals surface area contributed by atoms with Crippen molar-refractivity contribution < 1.29 is 13.9 Å². The molecule has 0 unspecified atom stereocenters. The van der Waals surface area contributed by atoms with E-state index in [1.165, 1.54) is 62.9 Å². The molecule has 1 N–H and O–H groups in total. The summed E-state index contributed by atoms with van der Waals surface area (Å²) in [6.07, 6.45) is 10.5. The van der Waals surface area contributed by atoms with E-state index in [1.54, 1.807) is 0 Å². The Bertz CT molecular complexity index is 192. The van der Waals surface area contributed by atoms with Crippen LogP contribution in [0.2, 0.25) is 0 Å². The number of hydrogen-bond acceptors (Lipinski definition) is 5. The van der Waals surface area contributed by atoms with Crippen molar-refractivity contribution in [3.05, 3.63) is 0 Å². The van der Waals surface area contributed by atoms with Gasteiger partial charge in [0, 0.05) is 11.5 Å². The Morgan fingerprint density at radius 3 is 1.55 bits per heavy atom. The summed E-state index contributed by atoms with van der Waals surface area (Å²) in [5, 5.41) is 0. The smallest absolute Gasteiger partial charge is 0.328 e. The van der Waals surface area contributed by atoms with Gasteiger partial charge in [-0.2, -0.15) is 23.5 Å². The third-order valence-corrected chi connectivity index (χ3v) is 6.02. The number of unbranched alkanes of at least 4 members (excludes halogenated alkanes) is 6. The quantitative estimate of drug-likeness (QED) is 0.241. The molecule has 3 nitrogen and oxygen atoms in total. The van der Waals surface area contributed by atoms with Gasteiger partial charge < -0.3 is 13.9 Å². The van der Waals surface area contributed by atoms with Crippen LogP contribution < -0.4 is 0 Å². The minimum atomic E-state index is -1.67. The molecule has 0 aliphatic carbocycles. The molecule has 0 fully saturated rings. The van der Waals surface area contributed by atoms with Crippen LogP contribution in [0.1, 0.15) is 65.2 Å². The summed E-state index contributed by atoms with van der Waals surface area (Å²) in [6.45, 7) is 5.64. The van der Waals surface area contributed by atoms with E-state index in [9.17, 15) is 4.89 Å². The van der Waals surface area contributed by atoms with Crippen molar-refractivity contribution in [1.29, 1.82) is 0 Å². The van der Waals surface area contributed by atoms with Gasteiger partial charge in [-0.25, -0.2) is 0 Å². The van der Waals surface area contributed by atoms with Gasteiger partial charge in [0.1, 0.15) is 0 Å². The summed E-state index contributed by atoms with van der Waals surface area (Å²) in [7, 11) is -1.67. The number of hydrogen-bond donors (Lipinski definition) is 1. The summed E-state index contributed by atoms with van der Waals surface area (Å²) in [6, 6.07) is 0. The summed E-state index contributed by atoms with van der Waals surface area (Å²) in [5.74, 6) is 4.28. The molecular weight excluding hydrogens is 335 g/mol. The standard InChI is InChI=1S/C16H35O3PS2/c1-3-5-7-9-13-21-15-11-18-20(17)19-12-16-22-14-10-8-6-4-2/h17H,3-16H2,1-2H3. The monoisotopic (exact) mass is 370 g/mol. The first-order valence-corrected chi connectivity index (χ1v) is 12.2. The van der Waals surface area contributed by atoms with Crippen LogP contribution >= 0.6 is 32.1 Å². The predicted octanol–water partition coefficient (Wildman–Crippen LogP) is 5.87. The van der Waals surface area contributed by atoms with Gasteiger partial charge >= 0.3 is 8.60 Å². The highest BCUT2D eigenvalue weighted by atomic mass is 32.2. The lowest BCUT2D eigenvalue weighted by Crippen LogP contribution is -1.99. The van der Waals surface area contributed by atoms with E-state index in [0.717, 1.165) is 11.5 Å². The van der Waals surface area contributed by atoms with Gasteiger partial charge in [0.2, 0.25) is 0 Å². The molecule has 0 saturated heterocycles. The molecule has 0 spiro atoms. The molecule has 0 heterocycles. The van der Waals surface area contributed by atoms with Crippen molar-refractivity contribution in [1.82, 2.24) is 0 Å². The maximum atomic E-state index is 9.60. The van der Waals surface area contributed by atoms with Gasteiger partial charge in [0.25, 0.3) is 0 Å². The second-order valence-corrected chi connectivity index (χ2v) is 8.69. The van der Waals surface area contributed by atoms with Crippen LogP contribution in [-0.4, -0.2) is 41.1 Å². The lowest BCUT2D eigenvalue weighted by Gasteiger charge is -2.10. The molecule has 0 aromatic rings. The Labute approximate surface area is 147 Å². The highest BCUT2D eigenvalue weighted by molar-refractivity contribution is 7.99. The molecule has 0 atom stereocenters. The van der Waals surface area contributed by atoms with Gasteiger partial charge in [-0.05, 0) is 24.3 Å². The Kier molecular flexibility index (Phi) is 21.0.